The Morgan fingerprint density at radius 1 is 1.67 bits per heavy atom. The molecular weight excluding hydrogens is 112 g/mol. The van der Waals surface area contributed by atoms with Gasteiger partial charge in [-0.2, -0.15) is 0 Å². The van der Waals surface area contributed by atoms with E-state index in [0.29, 0.717) is 12.7 Å². The first-order chi connectivity index (χ1) is 4.31. The van der Waals surface area contributed by atoms with Crippen molar-refractivity contribution in [1.29, 1.82) is 0 Å². The zero-order chi connectivity index (χ0) is 7.11. The Morgan fingerprint density at radius 3 is 2.78 bits per heavy atom. The van der Waals surface area contributed by atoms with Crippen LogP contribution in [0.1, 0.15) is 20.3 Å². The molecule has 0 saturated carbocycles. The van der Waals surface area contributed by atoms with Crippen LogP contribution < -0.4 is 0 Å². The summed E-state index contributed by atoms with van der Waals surface area (Å²) in [4.78, 5) is 0. The first-order valence-corrected chi connectivity index (χ1v) is 3.33. The molecule has 53 valence electrons. The van der Waals surface area contributed by atoms with Crippen LogP contribution in [0.5, 0.6) is 0 Å². The van der Waals surface area contributed by atoms with Gasteiger partial charge < -0.3 is 4.74 Å². The molecule has 0 heterocycles. The molecule has 0 fully saturated rings. The largest absolute Gasteiger partial charge is 0.374 e. The molecule has 0 aliphatic heterocycles. The van der Waals surface area contributed by atoms with Gasteiger partial charge in [0.2, 0.25) is 0 Å². The molecule has 0 bridgehead atoms. The quantitative estimate of drug-likeness (QED) is 0.526. The Hall–Kier alpha value is -0.300. The minimum absolute atomic E-state index is 0.293. The van der Waals surface area contributed by atoms with Crippen molar-refractivity contribution in [3.05, 3.63) is 19.1 Å². The zero-order valence-electron chi connectivity index (χ0n) is 6.26. The molecule has 0 aromatic rings. The van der Waals surface area contributed by atoms with Gasteiger partial charge in [0, 0.05) is 0 Å². The fourth-order valence-corrected chi connectivity index (χ4v) is 0.399. The van der Waals surface area contributed by atoms with E-state index in [2.05, 4.69) is 6.92 Å². The van der Waals surface area contributed by atoms with Gasteiger partial charge in [-0.3, -0.25) is 0 Å². The number of hydrogen-bond donors (Lipinski definition) is 0. The second kappa shape index (κ2) is 5.83. The lowest BCUT2D eigenvalue weighted by molar-refractivity contribution is 0.0902. The maximum Gasteiger partial charge on any atom is 0.0650 e. The second-order valence-electron chi connectivity index (χ2n) is 2.00. The van der Waals surface area contributed by atoms with E-state index in [9.17, 15) is 0 Å². The van der Waals surface area contributed by atoms with Gasteiger partial charge in [0.15, 0.2) is 0 Å². The summed E-state index contributed by atoms with van der Waals surface area (Å²) in [6.45, 7) is 8.44. The van der Waals surface area contributed by atoms with Gasteiger partial charge in [0.05, 0.1) is 12.7 Å². The molecular formula is C8H15O. The summed E-state index contributed by atoms with van der Waals surface area (Å²) in [6.07, 6.45) is 5.11. The average Bonchev–Trinajstić information content (AvgIpc) is 1.89. The van der Waals surface area contributed by atoms with Crippen LogP contribution in [0, 0.1) is 6.92 Å². The molecule has 0 rings (SSSR count). The molecule has 1 nitrogen and oxygen atoms in total. The maximum absolute atomic E-state index is 5.28. The van der Waals surface area contributed by atoms with Crippen LogP contribution in [-0.4, -0.2) is 12.7 Å². The summed E-state index contributed by atoms with van der Waals surface area (Å²) < 4.78 is 5.28. The van der Waals surface area contributed by atoms with Crippen molar-refractivity contribution in [2.45, 2.75) is 26.4 Å². The zero-order valence-corrected chi connectivity index (χ0v) is 6.26. The topological polar surface area (TPSA) is 9.23 Å². The lowest BCUT2D eigenvalue weighted by atomic mass is 10.3. The normalized spacial score (nSPS) is 14.6. The summed E-state index contributed by atoms with van der Waals surface area (Å²) >= 11 is 0. The number of allylic oxidation sites excluding steroid dienone is 1. The molecule has 0 aliphatic rings. The Morgan fingerprint density at radius 2 is 2.33 bits per heavy atom. The van der Waals surface area contributed by atoms with Crippen molar-refractivity contribution in [2.75, 3.05) is 6.61 Å². The highest BCUT2D eigenvalue weighted by molar-refractivity contribution is 4.76. The van der Waals surface area contributed by atoms with Crippen molar-refractivity contribution in [1.82, 2.24) is 0 Å². The van der Waals surface area contributed by atoms with Crippen LogP contribution in [0.2, 0.25) is 0 Å². The van der Waals surface area contributed by atoms with Crippen molar-refractivity contribution in [3.8, 4) is 0 Å². The SMILES string of the molecule is [CH2]CC(C)OCC=CC. The van der Waals surface area contributed by atoms with Gasteiger partial charge in [0.1, 0.15) is 0 Å². The lowest BCUT2D eigenvalue weighted by Gasteiger charge is -2.06. The highest BCUT2D eigenvalue weighted by Crippen LogP contribution is 1.94. The van der Waals surface area contributed by atoms with E-state index in [4.69, 9.17) is 4.74 Å². The molecule has 0 aromatic carbocycles. The third-order valence-electron chi connectivity index (χ3n) is 1.12. The van der Waals surface area contributed by atoms with Gasteiger partial charge in [-0.25, -0.2) is 0 Å². The predicted octanol–water partition coefficient (Wildman–Crippen LogP) is 2.19. The Labute approximate surface area is 57.7 Å². The van der Waals surface area contributed by atoms with Crippen LogP contribution in [0.25, 0.3) is 0 Å². The molecule has 0 N–H and O–H groups in total. The van der Waals surface area contributed by atoms with E-state index < -0.39 is 0 Å². The highest BCUT2D eigenvalue weighted by Gasteiger charge is 1.93. The minimum Gasteiger partial charge on any atom is -0.374 e. The van der Waals surface area contributed by atoms with Gasteiger partial charge in [-0.15, -0.1) is 0 Å². The summed E-state index contributed by atoms with van der Waals surface area (Å²) in [5.41, 5.74) is 0. The monoisotopic (exact) mass is 127 g/mol. The molecule has 1 heteroatoms. The van der Waals surface area contributed by atoms with Gasteiger partial charge >= 0.3 is 0 Å². The molecule has 0 amide bonds. The smallest absolute Gasteiger partial charge is 0.0650 e. The number of ether oxygens (including phenoxy) is 1. The first-order valence-electron chi connectivity index (χ1n) is 3.33. The second-order valence-corrected chi connectivity index (χ2v) is 2.00. The van der Waals surface area contributed by atoms with Gasteiger partial charge in [-0.1, -0.05) is 19.1 Å². The number of hydrogen-bond acceptors (Lipinski definition) is 1. The summed E-state index contributed by atoms with van der Waals surface area (Å²) in [5.74, 6) is 0. The molecule has 1 atom stereocenters. The van der Waals surface area contributed by atoms with Crippen LogP contribution >= 0.6 is 0 Å². The van der Waals surface area contributed by atoms with Crippen molar-refractivity contribution in [2.24, 2.45) is 0 Å². The van der Waals surface area contributed by atoms with Crippen LogP contribution in [0.3, 0.4) is 0 Å². The highest BCUT2D eigenvalue weighted by atomic mass is 16.5. The van der Waals surface area contributed by atoms with Crippen molar-refractivity contribution in [3.63, 3.8) is 0 Å². The van der Waals surface area contributed by atoms with Crippen LogP contribution in [-0.2, 0) is 4.74 Å². The fraction of sp³-hybridized carbons (Fsp3) is 0.625. The Balaban J connectivity index is 3.06. The summed E-state index contributed by atoms with van der Waals surface area (Å²) in [6, 6.07) is 0. The molecule has 1 radical (unpaired) electrons. The molecule has 9 heavy (non-hydrogen) atoms. The molecule has 1 unspecified atom stereocenters. The predicted molar refractivity (Wildman–Crippen MR) is 40.2 cm³/mol. The Bertz CT molecular complexity index is 76.6. The van der Waals surface area contributed by atoms with Crippen molar-refractivity contribution < 1.29 is 4.74 Å². The Kier molecular flexibility index (Phi) is 5.64. The summed E-state index contributed by atoms with van der Waals surface area (Å²) in [5, 5.41) is 0. The minimum atomic E-state index is 0.293. The average molecular weight is 127 g/mol. The number of rotatable bonds is 4. The standard InChI is InChI=1S/C8H15O/c1-4-6-7-9-8(3)5-2/h4,6,8H,2,5,7H2,1,3H3. The molecule has 0 spiro atoms. The molecule has 0 aromatic heterocycles. The van der Waals surface area contributed by atoms with E-state index >= 15 is 0 Å². The van der Waals surface area contributed by atoms with E-state index in [-0.39, 0.29) is 0 Å². The van der Waals surface area contributed by atoms with E-state index in [1.807, 2.05) is 26.0 Å². The van der Waals surface area contributed by atoms with Crippen LogP contribution in [0.15, 0.2) is 12.2 Å². The maximum atomic E-state index is 5.28. The molecule has 0 saturated heterocycles. The van der Waals surface area contributed by atoms with Crippen LogP contribution in [0.4, 0.5) is 0 Å². The van der Waals surface area contributed by atoms with Gasteiger partial charge in [0.25, 0.3) is 0 Å². The van der Waals surface area contributed by atoms with E-state index in [0.717, 1.165) is 6.42 Å². The lowest BCUT2D eigenvalue weighted by Crippen LogP contribution is -2.05. The van der Waals surface area contributed by atoms with E-state index in [1.165, 1.54) is 0 Å². The fourth-order valence-electron chi connectivity index (χ4n) is 0.399. The third-order valence-corrected chi connectivity index (χ3v) is 1.12. The summed E-state index contributed by atoms with van der Waals surface area (Å²) in [7, 11) is 0. The molecule has 0 aliphatic carbocycles. The first kappa shape index (κ1) is 8.70. The third kappa shape index (κ3) is 5.57. The van der Waals surface area contributed by atoms with Crippen molar-refractivity contribution >= 4 is 0 Å². The van der Waals surface area contributed by atoms with E-state index in [1.54, 1.807) is 0 Å². The van der Waals surface area contributed by atoms with Gasteiger partial charge in [-0.05, 0) is 20.3 Å².